The maximum atomic E-state index is 11.5. The van der Waals surface area contributed by atoms with E-state index in [2.05, 4.69) is 10.2 Å². The first-order valence-electron chi connectivity index (χ1n) is 6.32. The topological polar surface area (TPSA) is 92.5 Å². The highest BCUT2D eigenvalue weighted by atomic mass is 32.2. The van der Waals surface area contributed by atoms with Gasteiger partial charge in [-0.2, -0.15) is 0 Å². The van der Waals surface area contributed by atoms with Crippen LogP contribution < -0.4 is 11.1 Å². The first kappa shape index (κ1) is 13.8. The van der Waals surface area contributed by atoms with Gasteiger partial charge in [0.05, 0.1) is 17.0 Å². The summed E-state index contributed by atoms with van der Waals surface area (Å²) in [6.07, 6.45) is 2.30. The van der Waals surface area contributed by atoms with E-state index in [9.17, 15) is 13.2 Å². The Morgan fingerprint density at radius 2 is 2.00 bits per heavy atom. The lowest BCUT2D eigenvalue weighted by molar-refractivity contribution is -0.124. The Morgan fingerprint density at radius 3 is 2.44 bits per heavy atom. The summed E-state index contributed by atoms with van der Waals surface area (Å²) in [5, 5.41) is 3.04. The molecule has 7 heteroatoms. The van der Waals surface area contributed by atoms with Gasteiger partial charge in [0.2, 0.25) is 5.91 Å². The first-order chi connectivity index (χ1) is 8.38. The number of sulfone groups is 1. The van der Waals surface area contributed by atoms with E-state index in [1.54, 1.807) is 7.05 Å². The van der Waals surface area contributed by atoms with Gasteiger partial charge >= 0.3 is 0 Å². The summed E-state index contributed by atoms with van der Waals surface area (Å²) in [6.45, 7) is 1.15. The van der Waals surface area contributed by atoms with Gasteiger partial charge in [0, 0.05) is 19.1 Å². The van der Waals surface area contributed by atoms with E-state index in [0.717, 1.165) is 12.8 Å². The molecule has 0 aromatic carbocycles. The smallest absolute Gasteiger partial charge is 0.237 e. The van der Waals surface area contributed by atoms with Crippen LogP contribution in [-0.2, 0) is 14.6 Å². The number of primary amides is 1. The van der Waals surface area contributed by atoms with Gasteiger partial charge in [0.1, 0.15) is 0 Å². The lowest BCUT2D eigenvalue weighted by Crippen LogP contribution is -2.54. The normalized spacial score (nSPS) is 36.6. The van der Waals surface area contributed by atoms with Crippen LogP contribution in [0.5, 0.6) is 0 Å². The Kier molecular flexibility index (Phi) is 3.66. The van der Waals surface area contributed by atoms with E-state index in [1.165, 1.54) is 0 Å². The van der Waals surface area contributed by atoms with E-state index in [0.29, 0.717) is 19.5 Å². The van der Waals surface area contributed by atoms with E-state index < -0.39 is 15.4 Å². The van der Waals surface area contributed by atoms with Crippen molar-refractivity contribution in [2.45, 2.75) is 30.8 Å². The van der Waals surface area contributed by atoms with Gasteiger partial charge in [0.15, 0.2) is 9.84 Å². The second kappa shape index (κ2) is 4.79. The molecule has 3 N–H and O–H groups in total. The average molecular weight is 275 g/mol. The SMILES string of the molecule is CNC1(C(N)=O)CCC(N2CCS(=O)(=O)CC2)C1. The summed E-state index contributed by atoms with van der Waals surface area (Å²) >= 11 is 0. The van der Waals surface area contributed by atoms with Crippen molar-refractivity contribution in [3.8, 4) is 0 Å². The summed E-state index contributed by atoms with van der Waals surface area (Å²) in [4.78, 5) is 13.7. The maximum Gasteiger partial charge on any atom is 0.237 e. The van der Waals surface area contributed by atoms with Gasteiger partial charge in [-0.1, -0.05) is 0 Å². The minimum atomic E-state index is -2.84. The van der Waals surface area contributed by atoms with E-state index >= 15 is 0 Å². The van der Waals surface area contributed by atoms with Crippen LogP contribution in [0.15, 0.2) is 0 Å². The molecule has 0 aromatic rings. The molecule has 1 aliphatic heterocycles. The van der Waals surface area contributed by atoms with Crippen LogP contribution in [0.3, 0.4) is 0 Å². The zero-order valence-corrected chi connectivity index (χ0v) is 11.5. The lowest BCUT2D eigenvalue weighted by Gasteiger charge is -2.33. The van der Waals surface area contributed by atoms with Crippen molar-refractivity contribution < 1.29 is 13.2 Å². The van der Waals surface area contributed by atoms with Gasteiger partial charge in [-0.25, -0.2) is 8.42 Å². The highest BCUT2D eigenvalue weighted by molar-refractivity contribution is 7.91. The average Bonchev–Trinajstić information content (AvgIpc) is 2.74. The van der Waals surface area contributed by atoms with Gasteiger partial charge in [-0.15, -0.1) is 0 Å². The number of nitrogens with two attached hydrogens (primary N) is 1. The van der Waals surface area contributed by atoms with Crippen molar-refractivity contribution in [1.29, 1.82) is 0 Å². The number of amides is 1. The monoisotopic (exact) mass is 275 g/mol. The van der Waals surface area contributed by atoms with Crippen LogP contribution in [0.4, 0.5) is 0 Å². The lowest BCUT2D eigenvalue weighted by atomic mass is 9.96. The van der Waals surface area contributed by atoms with E-state index in [4.69, 9.17) is 5.73 Å². The third-order valence-corrected chi connectivity index (χ3v) is 5.94. The Morgan fingerprint density at radius 1 is 1.39 bits per heavy atom. The van der Waals surface area contributed by atoms with Gasteiger partial charge in [-0.3, -0.25) is 9.69 Å². The Hall–Kier alpha value is -0.660. The molecule has 2 atom stereocenters. The Balaban J connectivity index is 1.99. The third-order valence-electron chi connectivity index (χ3n) is 4.33. The molecule has 1 heterocycles. The highest BCUT2D eigenvalue weighted by Gasteiger charge is 2.45. The molecule has 0 spiro atoms. The molecule has 1 aliphatic carbocycles. The summed E-state index contributed by atoms with van der Waals surface area (Å²) < 4.78 is 22.8. The molecule has 1 saturated carbocycles. The predicted octanol–water partition coefficient (Wildman–Crippen LogP) is -1.29. The Labute approximate surface area is 108 Å². The van der Waals surface area contributed by atoms with Crippen molar-refractivity contribution in [3.05, 3.63) is 0 Å². The molecule has 0 bridgehead atoms. The standard InChI is InChI=1S/C11H21N3O3S/c1-13-11(10(12)15)3-2-9(8-11)14-4-6-18(16,17)7-5-14/h9,13H,2-8H2,1H3,(H2,12,15). The van der Waals surface area contributed by atoms with Crippen LogP contribution in [0.25, 0.3) is 0 Å². The number of likely N-dealkylation sites (N-methyl/N-ethyl adjacent to an activating group) is 1. The molecular weight excluding hydrogens is 254 g/mol. The molecule has 6 nitrogen and oxygen atoms in total. The van der Waals surface area contributed by atoms with Crippen molar-refractivity contribution in [2.75, 3.05) is 31.6 Å². The summed E-state index contributed by atoms with van der Waals surface area (Å²) in [7, 11) is -1.09. The fraction of sp³-hybridized carbons (Fsp3) is 0.909. The van der Waals surface area contributed by atoms with Crippen LogP contribution in [0, 0.1) is 0 Å². The summed E-state index contributed by atoms with van der Waals surface area (Å²) in [5.74, 6) is 0.149. The third kappa shape index (κ3) is 2.53. The van der Waals surface area contributed by atoms with E-state index in [1.807, 2.05) is 0 Å². The summed E-state index contributed by atoms with van der Waals surface area (Å²) in [6, 6.07) is 0.264. The number of nitrogens with one attached hydrogen (secondary N) is 1. The van der Waals surface area contributed by atoms with Crippen LogP contribution in [0.2, 0.25) is 0 Å². The molecule has 0 radical (unpaired) electrons. The number of carbonyl (C=O) groups excluding carboxylic acids is 1. The molecular formula is C11H21N3O3S. The van der Waals surface area contributed by atoms with Crippen LogP contribution in [0.1, 0.15) is 19.3 Å². The minimum Gasteiger partial charge on any atom is -0.368 e. The van der Waals surface area contributed by atoms with Crippen molar-refractivity contribution >= 4 is 15.7 Å². The van der Waals surface area contributed by atoms with Gasteiger partial charge < -0.3 is 11.1 Å². The summed E-state index contributed by atoms with van der Waals surface area (Å²) in [5.41, 5.74) is 4.85. The van der Waals surface area contributed by atoms with Gasteiger partial charge in [-0.05, 0) is 26.3 Å². The zero-order valence-electron chi connectivity index (χ0n) is 10.7. The predicted molar refractivity (Wildman–Crippen MR) is 68.9 cm³/mol. The Bertz CT molecular complexity index is 423. The van der Waals surface area contributed by atoms with Crippen molar-refractivity contribution in [1.82, 2.24) is 10.2 Å². The highest BCUT2D eigenvalue weighted by Crippen LogP contribution is 2.33. The van der Waals surface area contributed by atoms with Crippen LogP contribution >= 0.6 is 0 Å². The number of rotatable bonds is 3. The van der Waals surface area contributed by atoms with Crippen molar-refractivity contribution in [2.24, 2.45) is 5.73 Å². The van der Waals surface area contributed by atoms with Crippen LogP contribution in [-0.4, -0.2) is 62.4 Å². The number of hydrogen-bond acceptors (Lipinski definition) is 5. The molecule has 1 saturated heterocycles. The second-order valence-electron chi connectivity index (χ2n) is 5.28. The minimum absolute atomic E-state index is 0.229. The molecule has 104 valence electrons. The molecule has 18 heavy (non-hydrogen) atoms. The molecule has 2 aliphatic rings. The fourth-order valence-corrected chi connectivity index (χ4v) is 4.23. The second-order valence-corrected chi connectivity index (χ2v) is 7.58. The number of hydrogen-bond donors (Lipinski definition) is 2. The van der Waals surface area contributed by atoms with E-state index in [-0.39, 0.29) is 23.5 Å². The fourth-order valence-electron chi connectivity index (χ4n) is 3.00. The molecule has 0 aromatic heterocycles. The number of carbonyl (C=O) groups is 1. The molecule has 2 rings (SSSR count). The molecule has 1 amide bonds. The zero-order chi connectivity index (χ0) is 13.4. The molecule has 2 fully saturated rings. The van der Waals surface area contributed by atoms with Gasteiger partial charge in [0.25, 0.3) is 0 Å². The maximum absolute atomic E-state index is 11.5. The quantitative estimate of drug-likeness (QED) is 0.669. The molecule has 2 unspecified atom stereocenters. The first-order valence-corrected chi connectivity index (χ1v) is 8.14. The largest absolute Gasteiger partial charge is 0.368 e. The number of nitrogens with zero attached hydrogens (tertiary/aromatic N) is 1. The van der Waals surface area contributed by atoms with Crippen molar-refractivity contribution in [3.63, 3.8) is 0 Å².